The van der Waals surface area contributed by atoms with E-state index >= 15 is 0 Å². The average Bonchev–Trinajstić information content (AvgIpc) is 3.02. The van der Waals surface area contributed by atoms with Gasteiger partial charge in [-0.15, -0.1) is 0 Å². The van der Waals surface area contributed by atoms with Gasteiger partial charge in [-0.2, -0.15) is 0 Å². The standard InChI is InChI=1S/C35H40O8/c36-30(22-10-19-26-13-4-1-5-14-26)41-29-25-40-35(39)34(43-32(38)24-12-21-28-17-8-3-9-18-28)33(29)42-31(37)23-11-20-27-15-6-2-7-16-27/h1-9,13-18,29,33-35,39H,10-12,19-25H2. The number of aliphatic hydroxyl groups excluding tert-OH is 1. The Hall–Kier alpha value is -4.01. The highest BCUT2D eigenvalue weighted by molar-refractivity contribution is 5.71. The van der Waals surface area contributed by atoms with Crippen LogP contribution in [0.3, 0.4) is 0 Å². The highest BCUT2D eigenvalue weighted by Crippen LogP contribution is 2.25. The van der Waals surface area contributed by atoms with E-state index in [4.69, 9.17) is 18.9 Å². The summed E-state index contributed by atoms with van der Waals surface area (Å²) in [4.78, 5) is 38.4. The Labute approximate surface area is 252 Å². The van der Waals surface area contributed by atoms with Crippen molar-refractivity contribution in [1.29, 1.82) is 0 Å². The molecule has 0 spiro atoms. The van der Waals surface area contributed by atoms with Gasteiger partial charge in [0.1, 0.15) is 0 Å². The molecule has 3 aromatic rings. The molecule has 4 atom stereocenters. The summed E-state index contributed by atoms with van der Waals surface area (Å²) in [7, 11) is 0. The van der Waals surface area contributed by atoms with Gasteiger partial charge >= 0.3 is 17.9 Å². The molecule has 4 rings (SSSR count). The van der Waals surface area contributed by atoms with E-state index in [-0.39, 0.29) is 25.9 Å². The molecule has 1 fully saturated rings. The van der Waals surface area contributed by atoms with Crippen molar-refractivity contribution in [2.45, 2.75) is 82.4 Å². The summed E-state index contributed by atoms with van der Waals surface area (Å²) < 4.78 is 22.4. The Morgan fingerprint density at radius 2 is 0.953 bits per heavy atom. The lowest BCUT2D eigenvalue weighted by Gasteiger charge is -2.38. The van der Waals surface area contributed by atoms with Gasteiger partial charge < -0.3 is 24.1 Å². The molecule has 0 bridgehead atoms. The van der Waals surface area contributed by atoms with Crippen LogP contribution in [-0.2, 0) is 52.6 Å². The molecule has 0 amide bonds. The van der Waals surface area contributed by atoms with Gasteiger partial charge in [-0.25, -0.2) is 0 Å². The van der Waals surface area contributed by atoms with Crippen LogP contribution in [0.5, 0.6) is 0 Å². The number of rotatable bonds is 15. The highest BCUT2D eigenvalue weighted by atomic mass is 16.7. The molecule has 0 aliphatic carbocycles. The van der Waals surface area contributed by atoms with Crippen LogP contribution in [0.4, 0.5) is 0 Å². The molecule has 4 unspecified atom stereocenters. The van der Waals surface area contributed by atoms with Crippen LogP contribution in [0.15, 0.2) is 91.0 Å². The lowest BCUT2D eigenvalue weighted by atomic mass is 10.0. The van der Waals surface area contributed by atoms with E-state index in [9.17, 15) is 19.5 Å². The van der Waals surface area contributed by atoms with Gasteiger partial charge in [0.25, 0.3) is 0 Å². The number of aryl methyl sites for hydroxylation is 3. The van der Waals surface area contributed by atoms with Gasteiger partial charge in [0.05, 0.1) is 6.61 Å². The molecule has 43 heavy (non-hydrogen) atoms. The minimum Gasteiger partial charge on any atom is -0.456 e. The number of hydrogen-bond donors (Lipinski definition) is 1. The molecule has 1 N–H and O–H groups in total. The molecule has 8 nitrogen and oxygen atoms in total. The Bertz CT molecular complexity index is 1260. The molecule has 8 heteroatoms. The van der Waals surface area contributed by atoms with Crippen LogP contribution in [0.1, 0.15) is 55.2 Å². The number of ether oxygens (including phenoxy) is 4. The number of esters is 3. The van der Waals surface area contributed by atoms with Gasteiger partial charge in [-0.1, -0.05) is 91.0 Å². The number of carbonyl (C=O) groups excluding carboxylic acids is 3. The summed E-state index contributed by atoms with van der Waals surface area (Å²) >= 11 is 0. The minimum absolute atomic E-state index is 0.0970. The largest absolute Gasteiger partial charge is 0.456 e. The van der Waals surface area contributed by atoms with Gasteiger partial charge in [0, 0.05) is 19.3 Å². The summed E-state index contributed by atoms with van der Waals surface area (Å²) in [5.74, 6) is -1.59. The van der Waals surface area contributed by atoms with Crippen LogP contribution in [0.2, 0.25) is 0 Å². The van der Waals surface area contributed by atoms with E-state index in [0.29, 0.717) is 38.5 Å². The normalized spacial score (nSPS) is 19.7. The fourth-order valence-electron chi connectivity index (χ4n) is 5.02. The monoisotopic (exact) mass is 588 g/mol. The maximum Gasteiger partial charge on any atom is 0.306 e. The zero-order chi connectivity index (χ0) is 30.3. The quantitative estimate of drug-likeness (QED) is 0.192. The molecular weight excluding hydrogens is 548 g/mol. The first-order chi connectivity index (χ1) is 21.0. The second-order valence-electron chi connectivity index (χ2n) is 10.7. The lowest BCUT2D eigenvalue weighted by Crippen LogP contribution is -2.57. The van der Waals surface area contributed by atoms with Crippen molar-refractivity contribution in [2.75, 3.05) is 6.61 Å². The van der Waals surface area contributed by atoms with E-state index in [0.717, 1.165) is 16.7 Å². The van der Waals surface area contributed by atoms with Gasteiger partial charge in [0.2, 0.25) is 0 Å². The first kappa shape index (κ1) is 31.9. The van der Waals surface area contributed by atoms with E-state index in [1.165, 1.54) is 0 Å². The van der Waals surface area contributed by atoms with Crippen molar-refractivity contribution in [3.8, 4) is 0 Å². The SMILES string of the molecule is O=C(CCCc1ccccc1)OC1COC(O)C(OC(=O)CCCc2ccccc2)C1OC(=O)CCCc1ccccc1. The zero-order valence-electron chi connectivity index (χ0n) is 24.3. The van der Waals surface area contributed by atoms with E-state index in [2.05, 4.69) is 0 Å². The van der Waals surface area contributed by atoms with E-state index < -0.39 is 42.5 Å². The Balaban J connectivity index is 1.35. The van der Waals surface area contributed by atoms with Crippen molar-refractivity contribution in [2.24, 2.45) is 0 Å². The van der Waals surface area contributed by atoms with Crippen LogP contribution in [-0.4, -0.2) is 54.2 Å². The maximum absolute atomic E-state index is 12.9. The summed E-state index contributed by atoms with van der Waals surface area (Å²) in [6.07, 6.45) is -1.02. The maximum atomic E-state index is 12.9. The van der Waals surface area contributed by atoms with Crippen molar-refractivity contribution < 1.29 is 38.4 Å². The third-order valence-electron chi connectivity index (χ3n) is 7.29. The lowest BCUT2D eigenvalue weighted by molar-refractivity contribution is -0.268. The smallest absolute Gasteiger partial charge is 0.306 e. The second-order valence-corrected chi connectivity index (χ2v) is 10.7. The van der Waals surface area contributed by atoms with Crippen LogP contribution >= 0.6 is 0 Å². The molecular formula is C35H40O8. The van der Waals surface area contributed by atoms with Crippen molar-refractivity contribution >= 4 is 17.9 Å². The summed E-state index contributed by atoms with van der Waals surface area (Å²) in [6.45, 7) is -0.199. The minimum atomic E-state index is -1.53. The van der Waals surface area contributed by atoms with E-state index in [1.807, 2.05) is 91.0 Å². The molecule has 0 aromatic heterocycles. The highest BCUT2D eigenvalue weighted by Gasteiger charge is 2.47. The third kappa shape index (κ3) is 11.0. The topological polar surface area (TPSA) is 108 Å². The van der Waals surface area contributed by atoms with Crippen molar-refractivity contribution in [1.82, 2.24) is 0 Å². The van der Waals surface area contributed by atoms with Gasteiger partial charge in [0.15, 0.2) is 24.6 Å². The van der Waals surface area contributed by atoms with Crippen LogP contribution in [0, 0.1) is 0 Å². The van der Waals surface area contributed by atoms with Crippen molar-refractivity contribution in [3.63, 3.8) is 0 Å². The first-order valence-electron chi connectivity index (χ1n) is 15.0. The predicted octanol–water partition coefficient (Wildman–Crippen LogP) is 5.14. The fraction of sp³-hybridized carbons (Fsp3) is 0.400. The number of benzene rings is 3. The Kier molecular flexibility index (Phi) is 12.8. The zero-order valence-corrected chi connectivity index (χ0v) is 24.3. The van der Waals surface area contributed by atoms with E-state index in [1.54, 1.807) is 0 Å². The van der Waals surface area contributed by atoms with Crippen LogP contribution < -0.4 is 0 Å². The average molecular weight is 589 g/mol. The Morgan fingerprint density at radius 3 is 1.37 bits per heavy atom. The number of hydrogen-bond acceptors (Lipinski definition) is 8. The first-order valence-corrected chi connectivity index (χ1v) is 15.0. The molecule has 228 valence electrons. The molecule has 0 saturated carbocycles. The fourth-order valence-corrected chi connectivity index (χ4v) is 5.02. The Morgan fingerprint density at radius 1 is 0.581 bits per heavy atom. The van der Waals surface area contributed by atoms with Crippen molar-refractivity contribution in [3.05, 3.63) is 108 Å². The molecule has 0 radical (unpaired) electrons. The molecule has 1 aliphatic rings. The van der Waals surface area contributed by atoms with Gasteiger partial charge in [-0.05, 0) is 55.2 Å². The molecule has 1 heterocycles. The second kappa shape index (κ2) is 17.2. The van der Waals surface area contributed by atoms with Gasteiger partial charge in [-0.3, -0.25) is 14.4 Å². The molecule has 1 saturated heterocycles. The summed E-state index contributed by atoms with van der Waals surface area (Å²) in [6, 6.07) is 29.4. The van der Waals surface area contributed by atoms with Crippen LogP contribution in [0.25, 0.3) is 0 Å². The molecule has 3 aromatic carbocycles. The number of aliphatic hydroxyl groups is 1. The third-order valence-corrected chi connectivity index (χ3v) is 7.29. The summed E-state index contributed by atoms with van der Waals surface area (Å²) in [5, 5.41) is 10.6. The predicted molar refractivity (Wildman–Crippen MR) is 160 cm³/mol. The number of carbonyl (C=O) groups is 3. The molecule has 1 aliphatic heterocycles. The summed E-state index contributed by atoms with van der Waals surface area (Å²) in [5.41, 5.74) is 3.31.